The molecule has 0 atom stereocenters. The largest absolute Gasteiger partial charge is 0.417 e. The van der Waals surface area contributed by atoms with Gasteiger partial charge in [0.15, 0.2) is 0 Å². The first-order valence-electron chi connectivity index (χ1n) is 4.78. The standard InChI is InChI=1S/C11H14F3NS/c1-10(2,15)7-16-9-6-4-3-5-8(9)11(12,13)14/h3-6H,7,15H2,1-2H3. The molecule has 2 N–H and O–H groups in total. The molecule has 1 aromatic rings. The molecule has 0 saturated heterocycles. The summed E-state index contributed by atoms with van der Waals surface area (Å²) in [5.41, 5.74) is 4.66. The highest BCUT2D eigenvalue weighted by molar-refractivity contribution is 7.99. The fourth-order valence-corrected chi connectivity index (χ4v) is 2.13. The van der Waals surface area contributed by atoms with E-state index in [4.69, 9.17) is 5.73 Å². The molecule has 0 aromatic heterocycles. The van der Waals surface area contributed by atoms with Crippen LogP contribution in [0.4, 0.5) is 13.2 Å². The van der Waals surface area contributed by atoms with Crippen LogP contribution in [0.5, 0.6) is 0 Å². The van der Waals surface area contributed by atoms with Gasteiger partial charge in [0.05, 0.1) is 5.56 Å². The van der Waals surface area contributed by atoms with Crippen LogP contribution in [0.25, 0.3) is 0 Å². The molecule has 5 heteroatoms. The second-order valence-corrected chi connectivity index (χ2v) is 5.29. The molecule has 0 spiro atoms. The Balaban J connectivity index is 2.88. The minimum atomic E-state index is -4.30. The first-order valence-corrected chi connectivity index (χ1v) is 5.76. The van der Waals surface area contributed by atoms with Gasteiger partial charge >= 0.3 is 6.18 Å². The molecule has 0 heterocycles. The molecule has 0 amide bonds. The highest BCUT2D eigenvalue weighted by Gasteiger charge is 2.33. The molecular formula is C11H14F3NS. The lowest BCUT2D eigenvalue weighted by atomic mass is 10.1. The van der Waals surface area contributed by atoms with Crippen molar-refractivity contribution in [2.45, 2.75) is 30.5 Å². The van der Waals surface area contributed by atoms with E-state index in [-0.39, 0.29) is 4.90 Å². The van der Waals surface area contributed by atoms with Crippen molar-refractivity contribution < 1.29 is 13.2 Å². The number of rotatable bonds is 3. The Morgan fingerprint density at radius 2 is 1.75 bits per heavy atom. The van der Waals surface area contributed by atoms with Crippen molar-refractivity contribution >= 4 is 11.8 Å². The summed E-state index contributed by atoms with van der Waals surface area (Å²) in [6.45, 7) is 3.58. The van der Waals surface area contributed by atoms with Crippen molar-refractivity contribution in [1.29, 1.82) is 0 Å². The molecule has 0 unspecified atom stereocenters. The van der Waals surface area contributed by atoms with E-state index in [2.05, 4.69) is 0 Å². The van der Waals surface area contributed by atoms with Crippen molar-refractivity contribution in [2.24, 2.45) is 5.73 Å². The van der Waals surface area contributed by atoms with Gasteiger partial charge in [-0.05, 0) is 26.0 Å². The molecule has 0 bridgehead atoms. The zero-order valence-corrected chi connectivity index (χ0v) is 9.95. The van der Waals surface area contributed by atoms with Gasteiger partial charge in [0.25, 0.3) is 0 Å². The summed E-state index contributed by atoms with van der Waals surface area (Å²) in [5.74, 6) is 0.445. The minimum Gasteiger partial charge on any atom is -0.325 e. The predicted octanol–water partition coefficient (Wildman–Crippen LogP) is 3.53. The fraction of sp³-hybridized carbons (Fsp3) is 0.455. The third-order valence-corrected chi connectivity index (χ3v) is 3.35. The van der Waals surface area contributed by atoms with Crippen molar-refractivity contribution in [3.8, 4) is 0 Å². The van der Waals surface area contributed by atoms with Gasteiger partial charge < -0.3 is 5.73 Å². The van der Waals surface area contributed by atoms with Crippen LogP contribution in [0.1, 0.15) is 19.4 Å². The lowest BCUT2D eigenvalue weighted by molar-refractivity contribution is -0.139. The number of halogens is 3. The van der Waals surface area contributed by atoms with E-state index in [9.17, 15) is 13.2 Å². The van der Waals surface area contributed by atoms with Crippen LogP contribution in [-0.4, -0.2) is 11.3 Å². The molecule has 16 heavy (non-hydrogen) atoms. The van der Waals surface area contributed by atoms with Crippen molar-refractivity contribution in [3.05, 3.63) is 29.8 Å². The highest BCUT2D eigenvalue weighted by atomic mass is 32.2. The number of thioether (sulfide) groups is 1. The average Bonchev–Trinajstić information content (AvgIpc) is 2.12. The fourth-order valence-electron chi connectivity index (χ4n) is 1.09. The SMILES string of the molecule is CC(C)(N)CSc1ccccc1C(F)(F)F. The van der Waals surface area contributed by atoms with Gasteiger partial charge in [-0.15, -0.1) is 11.8 Å². The molecule has 1 nitrogen and oxygen atoms in total. The van der Waals surface area contributed by atoms with Crippen LogP contribution in [0.3, 0.4) is 0 Å². The minimum absolute atomic E-state index is 0.230. The van der Waals surface area contributed by atoms with Crippen LogP contribution < -0.4 is 5.73 Å². The molecule has 0 aliphatic carbocycles. The molecule has 0 aliphatic rings. The third kappa shape index (κ3) is 4.06. The summed E-state index contributed by atoms with van der Waals surface area (Å²) in [4.78, 5) is 0.230. The van der Waals surface area contributed by atoms with Gasteiger partial charge in [-0.1, -0.05) is 12.1 Å². The monoisotopic (exact) mass is 249 g/mol. The zero-order chi connectivity index (χ0) is 12.4. The number of alkyl halides is 3. The Bertz CT molecular complexity index is 355. The summed E-state index contributed by atoms with van der Waals surface area (Å²) in [6.07, 6.45) is -4.30. The van der Waals surface area contributed by atoms with Crippen LogP contribution in [0.15, 0.2) is 29.2 Å². The maximum atomic E-state index is 12.6. The third-order valence-electron chi connectivity index (χ3n) is 1.79. The molecule has 90 valence electrons. The van der Waals surface area contributed by atoms with Gasteiger partial charge in [0, 0.05) is 16.2 Å². The number of hydrogen-bond acceptors (Lipinski definition) is 2. The number of benzene rings is 1. The summed E-state index contributed by atoms with van der Waals surface area (Å²) >= 11 is 1.14. The number of nitrogens with two attached hydrogens (primary N) is 1. The Morgan fingerprint density at radius 1 is 1.19 bits per heavy atom. The summed E-state index contributed by atoms with van der Waals surface area (Å²) < 4.78 is 37.9. The molecule has 0 aliphatic heterocycles. The van der Waals surface area contributed by atoms with E-state index >= 15 is 0 Å². The summed E-state index contributed by atoms with van der Waals surface area (Å²) in [6, 6.07) is 5.55. The maximum Gasteiger partial charge on any atom is 0.417 e. The van der Waals surface area contributed by atoms with Crippen molar-refractivity contribution in [1.82, 2.24) is 0 Å². The van der Waals surface area contributed by atoms with E-state index in [1.165, 1.54) is 12.1 Å². The lowest BCUT2D eigenvalue weighted by Crippen LogP contribution is -2.34. The molecule has 1 rings (SSSR count). The Labute approximate surface area is 97.2 Å². The molecular weight excluding hydrogens is 235 g/mol. The second-order valence-electron chi connectivity index (χ2n) is 4.27. The first-order chi connectivity index (χ1) is 7.20. The average molecular weight is 249 g/mol. The van der Waals surface area contributed by atoms with Crippen LogP contribution >= 0.6 is 11.8 Å². The first kappa shape index (κ1) is 13.4. The Morgan fingerprint density at radius 3 is 2.25 bits per heavy atom. The van der Waals surface area contributed by atoms with Crippen molar-refractivity contribution in [3.63, 3.8) is 0 Å². The van der Waals surface area contributed by atoms with Crippen molar-refractivity contribution in [2.75, 3.05) is 5.75 Å². The van der Waals surface area contributed by atoms with E-state index < -0.39 is 17.3 Å². The van der Waals surface area contributed by atoms with Gasteiger partial charge in [-0.25, -0.2) is 0 Å². The van der Waals surface area contributed by atoms with E-state index in [1.807, 2.05) is 0 Å². The Kier molecular flexibility index (Phi) is 3.91. The van der Waals surface area contributed by atoms with E-state index in [0.717, 1.165) is 17.8 Å². The van der Waals surface area contributed by atoms with Gasteiger partial charge in [-0.2, -0.15) is 13.2 Å². The summed E-state index contributed by atoms with van der Waals surface area (Å²) in [5, 5.41) is 0. The Hall–Kier alpha value is -0.680. The topological polar surface area (TPSA) is 26.0 Å². The van der Waals surface area contributed by atoms with Crippen LogP contribution in [0.2, 0.25) is 0 Å². The molecule has 0 saturated carbocycles. The normalized spacial score (nSPS) is 12.9. The highest BCUT2D eigenvalue weighted by Crippen LogP contribution is 2.37. The van der Waals surface area contributed by atoms with Gasteiger partial charge in [0.2, 0.25) is 0 Å². The van der Waals surface area contributed by atoms with Crippen LogP contribution in [0, 0.1) is 0 Å². The maximum absolute atomic E-state index is 12.6. The molecule has 0 radical (unpaired) electrons. The number of hydrogen-bond donors (Lipinski definition) is 1. The quantitative estimate of drug-likeness (QED) is 0.829. The smallest absolute Gasteiger partial charge is 0.325 e. The zero-order valence-electron chi connectivity index (χ0n) is 9.14. The van der Waals surface area contributed by atoms with E-state index in [1.54, 1.807) is 19.9 Å². The predicted molar refractivity (Wildman–Crippen MR) is 60.4 cm³/mol. The van der Waals surface area contributed by atoms with Gasteiger partial charge in [-0.3, -0.25) is 0 Å². The molecule has 1 aromatic carbocycles. The summed E-state index contributed by atoms with van der Waals surface area (Å²) in [7, 11) is 0. The van der Waals surface area contributed by atoms with Gasteiger partial charge in [0.1, 0.15) is 0 Å². The van der Waals surface area contributed by atoms with Crippen LogP contribution in [-0.2, 0) is 6.18 Å². The lowest BCUT2D eigenvalue weighted by Gasteiger charge is -2.19. The molecule has 0 fully saturated rings. The second kappa shape index (κ2) is 4.67. The van der Waals surface area contributed by atoms with E-state index in [0.29, 0.717) is 5.75 Å².